The third-order valence-corrected chi connectivity index (χ3v) is 4.96. The minimum absolute atomic E-state index is 0.138. The summed E-state index contributed by atoms with van der Waals surface area (Å²) in [5, 5.41) is 7.39. The molecule has 7 heteroatoms. The number of thioether (sulfide) groups is 1. The van der Waals surface area contributed by atoms with Gasteiger partial charge in [-0.25, -0.2) is 0 Å². The number of nitrogens with one attached hydrogen (secondary N) is 3. The fraction of sp³-hybridized carbons (Fsp3) is 0.389. The maximum atomic E-state index is 12.7. The Hall–Kier alpha value is -2.28. The zero-order valence-corrected chi connectivity index (χ0v) is 15.2. The van der Waals surface area contributed by atoms with Gasteiger partial charge < -0.3 is 15.6 Å². The number of rotatable bonds is 5. The highest BCUT2D eigenvalue weighted by molar-refractivity contribution is 8.14. The highest BCUT2D eigenvalue weighted by atomic mass is 32.2. The van der Waals surface area contributed by atoms with Crippen molar-refractivity contribution in [1.29, 1.82) is 0 Å². The quantitative estimate of drug-likeness (QED) is 0.765. The lowest BCUT2D eigenvalue weighted by atomic mass is 10.0. The zero-order valence-electron chi connectivity index (χ0n) is 14.3. The summed E-state index contributed by atoms with van der Waals surface area (Å²) in [6.07, 6.45) is 2.32. The fourth-order valence-electron chi connectivity index (χ4n) is 2.67. The SMILES string of the molecule is CC(C)C(=O)N[C@@H](Cc1c[nH]c2ccccc12)C(=O)NC1=NCCS1. The Kier molecular flexibility index (Phi) is 5.43. The van der Waals surface area contributed by atoms with Gasteiger partial charge in [0.1, 0.15) is 6.04 Å². The van der Waals surface area contributed by atoms with Gasteiger partial charge in [-0.2, -0.15) is 0 Å². The molecule has 1 aromatic carbocycles. The number of aliphatic imine (C=N–C) groups is 1. The Bertz CT molecular complexity index is 812. The molecular formula is C18H22N4O2S. The molecule has 0 fully saturated rings. The van der Waals surface area contributed by atoms with Crippen LogP contribution < -0.4 is 10.6 Å². The van der Waals surface area contributed by atoms with Crippen LogP contribution in [0.25, 0.3) is 10.9 Å². The van der Waals surface area contributed by atoms with Crippen molar-refractivity contribution >= 4 is 39.6 Å². The Balaban J connectivity index is 1.79. The summed E-state index contributed by atoms with van der Waals surface area (Å²) in [4.78, 5) is 32.3. The predicted molar refractivity (Wildman–Crippen MR) is 102 cm³/mol. The van der Waals surface area contributed by atoms with E-state index < -0.39 is 6.04 Å². The number of H-pyrrole nitrogens is 1. The average Bonchev–Trinajstić information content (AvgIpc) is 3.24. The van der Waals surface area contributed by atoms with Gasteiger partial charge in [0.2, 0.25) is 11.8 Å². The van der Waals surface area contributed by atoms with E-state index in [0.29, 0.717) is 18.1 Å². The maximum absolute atomic E-state index is 12.7. The molecule has 2 amide bonds. The number of hydrogen-bond acceptors (Lipinski definition) is 4. The van der Waals surface area contributed by atoms with Gasteiger partial charge in [-0.15, -0.1) is 0 Å². The first-order chi connectivity index (χ1) is 12.0. The van der Waals surface area contributed by atoms with Gasteiger partial charge >= 0.3 is 0 Å². The third-order valence-electron chi connectivity index (χ3n) is 4.07. The number of benzene rings is 1. The maximum Gasteiger partial charge on any atom is 0.248 e. The summed E-state index contributed by atoms with van der Waals surface area (Å²) in [5.74, 6) is 0.325. The molecule has 0 aliphatic carbocycles. The summed E-state index contributed by atoms with van der Waals surface area (Å²) in [6.45, 7) is 4.34. The molecule has 0 saturated heterocycles. The van der Waals surface area contributed by atoms with Crippen molar-refractivity contribution in [1.82, 2.24) is 15.6 Å². The second-order valence-corrected chi connectivity index (χ2v) is 7.39. The second-order valence-electron chi connectivity index (χ2n) is 6.30. The Morgan fingerprint density at radius 3 is 2.80 bits per heavy atom. The highest BCUT2D eigenvalue weighted by Crippen LogP contribution is 2.19. The van der Waals surface area contributed by atoms with E-state index in [1.165, 1.54) is 11.8 Å². The molecule has 3 N–H and O–H groups in total. The van der Waals surface area contributed by atoms with Crippen molar-refractivity contribution in [2.24, 2.45) is 10.9 Å². The summed E-state index contributed by atoms with van der Waals surface area (Å²) < 4.78 is 0. The van der Waals surface area contributed by atoms with Crippen molar-refractivity contribution in [3.63, 3.8) is 0 Å². The lowest BCUT2D eigenvalue weighted by Crippen LogP contribution is -2.50. The zero-order chi connectivity index (χ0) is 17.8. The van der Waals surface area contributed by atoms with Crippen LogP contribution in [-0.4, -0.2) is 40.3 Å². The van der Waals surface area contributed by atoms with E-state index >= 15 is 0 Å². The van der Waals surface area contributed by atoms with Crippen LogP contribution in [0.5, 0.6) is 0 Å². The van der Waals surface area contributed by atoms with E-state index in [0.717, 1.165) is 22.2 Å². The Labute approximate surface area is 150 Å². The summed E-state index contributed by atoms with van der Waals surface area (Å²) >= 11 is 1.52. The number of hydrogen-bond donors (Lipinski definition) is 3. The first-order valence-corrected chi connectivity index (χ1v) is 9.36. The first-order valence-electron chi connectivity index (χ1n) is 8.38. The molecule has 6 nitrogen and oxygen atoms in total. The van der Waals surface area contributed by atoms with Crippen molar-refractivity contribution in [3.8, 4) is 0 Å². The summed E-state index contributed by atoms with van der Waals surface area (Å²) in [6, 6.07) is 7.29. The lowest BCUT2D eigenvalue weighted by molar-refractivity contribution is -0.129. The molecule has 2 heterocycles. The molecule has 1 atom stereocenters. The van der Waals surface area contributed by atoms with E-state index in [1.807, 2.05) is 44.3 Å². The molecular weight excluding hydrogens is 336 g/mol. The summed E-state index contributed by atoms with van der Waals surface area (Å²) in [5.41, 5.74) is 2.02. The molecule has 25 heavy (non-hydrogen) atoms. The van der Waals surface area contributed by atoms with Gasteiger partial charge in [0.05, 0.1) is 6.54 Å². The molecule has 2 aromatic rings. The lowest BCUT2D eigenvalue weighted by Gasteiger charge is -2.19. The Morgan fingerprint density at radius 2 is 2.08 bits per heavy atom. The molecule has 1 aliphatic rings. The number of fused-ring (bicyclic) bond motifs is 1. The largest absolute Gasteiger partial charge is 0.361 e. The monoisotopic (exact) mass is 358 g/mol. The van der Waals surface area contributed by atoms with E-state index in [1.54, 1.807) is 0 Å². The highest BCUT2D eigenvalue weighted by Gasteiger charge is 2.25. The number of amidine groups is 1. The smallest absolute Gasteiger partial charge is 0.248 e. The molecule has 0 unspecified atom stereocenters. The summed E-state index contributed by atoms with van der Waals surface area (Å²) in [7, 11) is 0. The topological polar surface area (TPSA) is 86.3 Å². The second kappa shape index (κ2) is 7.74. The number of carbonyl (C=O) groups excluding carboxylic acids is 2. The van der Waals surface area contributed by atoms with E-state index in [-0.39, 0.29) is 17.7 Å². The fourth-order valence-corrected chi connectivity index (χ4v) is 3.40. The molecule has 1 aromatic heterocycles. The molecule has 0 bridgehead atoms. The van der Waals surface area contributed by atoms with Gasteiger partial charge in [0.15, 0.2) is 5.17 Å². The number of nitrogens with zero attached hydrogens (tertiary/aromatic N) is 1. The van der Waals surface area contributed by atoms with Crippen LogP contribution in [0.4, 0.5) is 0 Å². The van der Waals surface area contributed by atoms with Crippen molar-refractivity contribution in [2.45, 2.75) is 26.3 Å². The first kappa shape index (κ1) is 17.5. The molecule has 0 saturated carbocycles. The number of para-hydroxylation sites is 1. The third kappa shape index (κ3) is 4.22. The number of aromatic amines is 1. The van der Waals surface area contributed by atoms with Crippen molar-refractivity contribution in [2.75, 3.05) is 12.3 Å². The molecule has 1 aliphatic heterocycles. The number of aromatic nitrogens is 1. The minimum Gasteiger partial charge on any atom is -0.361 e. The van der Waals surface area contributed by atoms with Crippen LogP contribution in [0.2, 0.25) is 0 Å². The van der Waals surface area contributed by atoms with Crippen LogP contribution in [-0.2, 0) is 16.0 Å². The predicted octanol–water partition coefficient (Wildman–Crippen LogP) is 2.07. The van der Waals surface area contributed by atoms with Crippen LogP contribution in [0.3, 0.4) is 0 Å². The van der Waals surface area contributed by atoms with Crippen LogP contribution in [0.1, 0.15) is 19.4 Å². The van der Waals surface area contributed by atoms with Gasteiger partial charge in [0, 0.05) is 35.2 Å². The van der Waals surface area contributed by atoms with E-state index in [2.05, 4.69) is 20.6 Å². The van der Waals surface area contributed by atoms with Gasteiger partial charge in [0.25, 0.3) is 0 Å². The average molecular weight is 358 g/mol. The molecule has 0 radical (unpaired) electrons. The van der Waals surface area contributed by atoms with E-state index in [4.69, 9.17) is 0 Å². The van der Waals surface area contributed by atoms with Crippen LogP contribution in [0, 0.1) is 5.92 Å². The molecule has 3 rings (SSSR count). The Morgan fingerprint density at radius 1 is 1.28 bits per heavy atom. The van der Waals surface area contributed by atoms with Crippen LogP contribution in [0.15, 0.2) is 35.5 Å². The van der Waals surface area contributed by atoms with Crippen molar-refractivity contribution < 1.29 is 9.59 Å². The van der Waals surface area contributed by atoms with Crippen LogP contribution >= 0.6 is 11.8 Å². The normalized spacial score (nSPS) is 15.2. The number of carbonyl (C=O) groups is 2. The molecule has 132 valence electrons. The van der Waals surface area contributed by atoms with Gasteiger partial charge in [-0.1, -0.05) is 43.8 Å². The van der Waals surface area contributed by atoms with Gasteiger partial charge in [-0.05, 0) is 11.6 Å². The molecule has 0 spiro atoms. The minimum atomic E-state index is -0.641. The number of amides is 2. The standard InChI is InChI=1S/C18H22N4O2S/c1-11(2)16(23)21-15(17(24)22-18-19-7-8-25-18)9-12-10-20-14-6-4-3-5-13(12)14/h3-6,10-11,15,20H,7-9H2,1-2H3,(H,21,23)(H,19,22,24)/t15-/m0/s1. The van der Waals surface area contributed by atoms with Crippen molar-refractivity contribution in [3.05, 3.63) is 36.0 Å². The van der Waals surface area contributed by atoms with Gasteiger partial charge in [-0.3, -0.25) is 14.6 Å². The van der Waals surface area contributed by atoms with E-state index in [9.17, 15) is 9.59 Å².